The first-order valence-corrected chi connectivity index (χ1v) is 8.96. The number of furan rings is 1. The zero-order chi connectivity index (χ0) is 16.4. The van der Waals surface area contributed by atoms with Crippen LogP contribution < -0.4 is 4.90 Å². The van der Waals surface area contributed by atoms with Gasteiger partial charge < -0.3 is 9.32 Å². The van der Waals surface area contributed by atoms with Gasteiger partial charge in [-0.2, -0.15) is 0 Å². The summed E-state index contributed by atoms with van der Waals surface area (Å²) in [5, 5.41) is 0. The Morgan fingerprint density at radius 3 is 2.67 bits per heavy atom. The number of para-hydroxylation sites is 1. The van der Waals surface area contributed by atoms with Crippen molar-refractivity contribution in [2.45, 2.75) is 17.1 Å². The number of anilines is 1. The zero-order valence-corrected chi connectivity index (χ0v) is 14.0. The molecule has 4 rings (SSSR count). The van der Waals surface area contributed by atoms with Crippen molar-refractivity contribution in [2.75, 3.05) is 11.4 Å². The molecule has 2 aromatic carbocycles. The summed E-state index contributed by atoms with van der Waals surface area (Å²) in [4.78, 5) is 15.7. The standard InChI is InChI=1S/C20H17NO2S/c22-20(21-13-12-15-6-4-5-9-18(15)21)19-11-10-16(23-19)14-24-17-7-2-1-3-8-17/h1-11H,12-14H2. The van der Waals surface area contributed by atoms with Crippen molar-refractivity contribution >= 4 is 23.4 Å². The van der Waals surface area contributed by atoms with Crippen molar-refractivity contribution in [2.24, 2.45) is 0 Å². The van der Waals surface area contributed by atoms with E-state index in [4.69, 9.17) is 4.42 Å². The first kappa shape index (κ1) is 15.1. The van der Waals surface area contributed by atoms with Gasteiger partial charge in [-0.25, -0.2) is 0 Å². The second-order valence-corrected chi connectivity index (χ2v) is 6.75. The van der Waals surface area contributed by atoms with E-state index < -0.39 is 0 Å². The van der Waals surface area contributed by atoms with Crippen LogP contribution in [0.15, 0.2) is 76.0 Å². The van der Waals surface area contributed by atoms with Gasteiger partial charge in [-0.1, -0.05) is 36.4 Å². The maximum absolute atomic E-state index is 12.7. The fourth-order valence-corrected chi connectivity index (χ4v) is 3.74. The summed E-state index contributed by atoms with van der Waals surface area (Å²) < 4.78 is 5.78. The lowest BCUT2D eigenvalue weighted by atomic mass is 10.2. The van der Waals surface area contributed by atoms with Gasteiger partial charge in [0, 0.05) is 17.1 Å². The molecule has 0 aliphatic carbocycles. The number of rotatable bonds is 4. The number of fused-ring (bicyclic) bond motifs is 1. The Balaban J connectivity index is 1.46. The Morgan fingerprint density at radius 1 is 1.00 bits per heavy atom. The molecular weight excluding hydrogens is 318 g/mol. The van der Waals surface area contributed by atoms with Crippen LogP contribution in [-0.4, -0.2) is 12.5 Å². The third-order valence-electron chi connectivity index (χ3n) is 4.13. The van der Waals surface area contributed by atoms with E-state index in [9.17, 15) is 4.79 Å². The fourth-order valence-electron chi connectivity index (χ4n) is 2.92. The number of carbonyl (C=O) groups excluding carboxylic acids is 1. The van der Waals surface area contributed by atoms with E-state index in [-0.39, 0.29) is 5.91 Å². The second-order valence-electron chi connectivity index (χ2n) is 5.70. The molecule has 1 aliphatic rings. The molecule has 0 bridgehead atoms. The van der Waals surface area contributed by atoms with Crippen LogP contribution in [-0.2, 0) is 12.2 Å². The van der Waals surface area contributed by atoms with Gasteiger partial charge in [0.05, 0.1) is 5.75 Å². The Hall–Kier alpha value is -2.46. The lowest BCUT2D eigenvalue weighted by Gasteiger charge is -2.15. The van der Waals surface area contributed by atoms with Crippen LogP contribution in [0.25, 0.3) is 0 Å². The van der Waals surface area contributed by atoms with Crippen LogP contribution in [0.1, 0.15) is 21.9 Å². The number of hydrogen-bond donors (Lipinski definition) is 0. The van der Waals surface area contributed by atoms with E-state index in [1.54, 1.807) is 17.8 Å². The number of thioether (sulfide) groups is 1. The van der Waals surface area contributed by atoms with Crippen LogP contribution in [0.3, 0.4) is 0 Å². The molecule has 24 heavy (non-hydrogen) atoms. The highest BCUT2D eigenvalue weighted by Crippen LogP contribution is 2.30. The molecular formula is C20H17NO2S. The maximum atomic E-state index is 12.7. The molecule has 0 N–H and O–H groups in total. The van der Waals surface area contributed by atoms with Crippen LogP contribution in [0.5, 0.6) is 0 Å². The molecule has 4 heteroatoms. The van der Waals surface area contributed by atoms with Crippen molar-refractivity contribution in [1.82, 2.24) is 0 Å². The highest BCUT2D eigenvalue weighted by molar-refractivity contribution is 7.98. The average Bonchev–Trinajstić information content (AvgIpc) is 3.27. The molecule has 1 aromatic heterocycles. The Labute approximate surface area is 145 Å². The summed E-state index contributed by atoms with van der Waals surface area (Å²) in [6.07, 6.45) is 0.902. The van der Waals surface area contributed by atoms with Gasteiger partial charge in [-0.05, 0) is 42.3 Å². The molecule has 3 nitrogen and oxygen atoms in total. The molecule has 3 aromatic rings. The Bertz CT molecular complexity index is 857. The summed E-state index contributed by atoms with van der Waals surface area (Å²) in [6.45, 7) is 0.715. The van der Waals surface area contributed by atoms with Crippen molar-refractivity contribution in [3.05, 3.63) is 83.8 Å². The van der Waals surface area contributed by atoms with Gasteiger partial charge in [0.1, 0.15) is 5.76 Å². The minimum Gasteiger partial charge on any atom is -0.455 e. The lowest BCUT2D eigenvalue weighted by Crippen LogP contribution is -2.28. The monoisotopic (exact) mass is 335 g/mol. The number of amides is 1. The third kappa shape index (κ3) is 2.97. The summed E-state index contributed by atoms with van der Waals surface area (Å²) in [7, 11) is 0. The highest BCUT2D eigenvalue weighted by atomic mass is 32.2. The van der Waals surface area contributed by atoms with E-state index in [0.29, 0.717) is 18.1 Å². The van der Waals surface area contributed by atoms with Gasteiger partial charge in [0.25, 0.3) is 5.91 Å². The molecule has 0 fully saturated rings. The molecule has 120 valence electrons. The first-order valence-electron chi connectivity index (χ1n) is 7.97. The SMILES string of the molecule is O=C(c1ccc(CSc2ccccc2)o1)N1CCc2ccccc21. The number of nitrogens with zero attached hydrogens (tertiary/aromatic N) is 1. The van der Waals surface area contributed by atoms with E-state index in [0.717, 1.165) is 17.9 Å². The van der Waals surface area contributed by atoms with Gasteiger partial charge in [0.2, 0.25) is 0 Å². The van der Waals surface area contributed by atoms with E-state index >= 15 is 0 Å². The third-order valence-corrected chi connectivity index (χ3v) is 5.16. The summed E-state index contributed by atoms with van der Waals surface area (Å²) in [6, 6.07) is 21.9. The van der Waals surface area contributed by atoms with Gasteiger partial charge in [-0.3, -0.25) is 4.79 Å². The molecule has 1 amide bonds. The van der Waals surface area contributed by atoms with Gasteiger partial charge in [0.15, 0.2) is 5.76 Å². The van der Waals surface area contributed by atoms with Crippen LogP contribution in [0.2, 0.25) is 0 Å². The molecule has 1 aliphatic heterocycles. The normalized spacial score (nSPS) is 13.1. The number of benzene rings is 2. The van der Waals surface area contributed by atoms with Gasteiger partial charge in [-0.15, -0.1) is 11.8 Å². The zero-order valence-electron chi connectivity index (χ0n) is 13.1. The smallest absolute Gasteiger partial charge is 0.293 e. The predicted molar refractivity (Wildman–Crippen MR) is 96.5 cm³/mol. The minimum absolute atomic E-state index is 0.0593. The van der Waals surface area contributed by atoms with Gasteiger partial charge >= 0.3 is 0 Å². The number of carbonyl (C=O) groups is 1. The minimum atomic E-state index is -0.0593. The van der Waals surface area contributed by atoms with E-state index in [1.165, 1.54) is 10.5 Å². The fraction of sp³-hybridized carbons (Fsp3) is 0.150. The predicted octanol–water partition coefficient (Wildman–Crippen LogP) is 4.77. The number of hydrogen-bond acceptors (Lipinski definition) is 3. The largest absolute Gasteiger partial charge is 0.455 e. The van der Waals surface area contributed by atoms with E-state index in [1.807, 2.05) is 47.4 Å². The van der Waals surface area contributed by atoms with Crippen molar-refractivity contribution in [3.8, 4) is 0 Å². The van der Waals surface area contributed by atoms with Crippen molar-refractivity contribution < 1.29 is 9.21 Å². The molecule has 0 spiro atoms. The molecule has 0 saturated carbocycles. The maximum Gasteiger partial charge on any atom is 0.293 e. The van der Waals surface area contributed by atoms with Crippen LogP contribution >= 0.6 is 11.8 Å². The summed E-state index contributed by atoms with van der Waals surface area (Å²) in [5.74, 6) is 1.89. The van der Waals surface area contributed by atoms with E-state index in [2.05, 4.69) is 18.2 Å². The Morgan fingerprint density at radius 2 is 1.79 bits per heavy atom. The summed E-state index contributed by atoms with van der Waals surface area (Å²) >= 11 is 1.70. The van der Waals surface area contributed by atoms with Crippen molar-refractivity contribution in [1.29, 1.82) is 0 Å². The van der Waals surface area contributed by atoms with Crippen molar-refractivity contribution in [3.63, 3.8) is 0 Å². The topological polar surface area (TPSA) is 33.5 Å². The molecule has 2 heterocycles. The van der Waals surface area contributed by atoms with Crippen LogP contribution in [0, 0.1) is 0 Å². The Kier molecular flexibility index (Phi) is 4.13. The average molecular weight is 335 g/mol. The molecule has 0 radical (unpaired) electrons. The highest BCUT2D eigenvalue weighted by Gasteiger charge is 2.27. The first-order chi connectivity index (χ1) is 11.8. The lowest BCUT2D eigenvalue weighted by molar-refractivity contribution is 0.0961. The molecule has 0 unspecified atom stereocenters. The quantitative estimate of drug-likeness (QED) is 0.644. The second kappa shape index (κ2) is 6.57. The molecule has 0 saturated heterocycles. The summed E-state index contributed by atoms with van der Waals surface area (Å²) in [5.41, 5.74) is 2.22. The molecule has 0 atom stereocenters. The van der Waals surface area contributed by atoms with Crippen LogP contribution in [0.4, 0.5) is 5.69 Å².